The molecule has 0 aliphatic carbocycles. The number of benzene rings is 1. The van der Waals surface area contributed by atoms with Crippen molar-refractivity contribution in [3.05, 3.63) is 96.4 Å². The summed E-state index contributed by atoms with van der Waals surface area (Å²) < 4.78 is 7.21. The van der Waals surface area contributed by atoms with E-state index in [9.17, 15) is 9.59 Å². The van der Waals surface area contributed by atoms with Gasteiger partial charge < -0.3 is 14.4 Å². The Hall–Kier alpha value is -2.81. The van der Waals surface area contributed by atoms with Crippen molar-refractivity contribution in [1.29, 1.82) is 0 Å². The number of hydrogen-bond acceptors (Lipinski definition) is 6. The molecule has 33 heavy (non-hydrogen) atoms. The van der Waals surface area contributed by atoms with Crippen molar-refractivity contribution in [3.8, 4) is 5.69 Å². The minimum Gasteiger partial charge on any atom is -0.359 e. The summed E-state index contributed by atoms with van der Waals surface area (Å²) in [6.07, 6.45) is 0.523. The van der Waals surface area contributed by atoms with Crippen molar-refractivity contribution in [1.82, 2.24) is 15.0 Å². The number of aromatic nitrogens is 2. The molecule has 1 aliphatic heterocycles. The Morgan fingerprint density at radius 3 is 2.85 bits per heavy atom. The molecule has 0 unspecified atom stereocenters. The Balaban J connectivity index is 1.64. The summed E-state index contributed by atoms with van der Waals surface area (Å²) in [5.41, 5.74) is 4.12. The number of fused-ring (bicyclic) bond motifs is 3. The maximum absolute atomic E-state index is 13.3. The minimum atomic E-state index is -0.427. The van der Waals surface area contributed by atoms with Crippen LogP contribution in [0.3, 0.4) is 0 Å². The molecule has 0 spiro atoms. The topological polar surface area (TPSA) is 77.1 Å². The minimum absolute atomic E-state index is 0.0342. The molecule has 0 radical (unpaired) electrons. The van der Waals surface area contributed by atoms with Crippen LogP contribution in [0, 0.1) is 13.8 Å². The Kier molecular flexibility index (Phi) is 5.90. The number of nitrogens with zero attached hydrogens (tertiary/aromatic N) is 2. The molecule has 0 bridgehead atoms. The van der Waals surface area contributed by atoms with E-state index >= 15 is 0 Å². The molecule has 168 valence electrons. The summed E-state index contributed by atoms with van der Waals surface area (Å²) in [6.45, 7) is 3.85. The molecule has 9 heteroatoms. The van der Waals surface area contributed by atoms with Gasteiger partial charge in [-0.3, -0.25) is 9.59 Å². The van der Waals surface area contributed by atoms with Gasteiger partial charge in [-0.1, -0.05) is 16.8 Å². The van der Waals surface area contributed by atoms with E-state index in [-0.39, 0.29) is 22.8 Å². The smallest absolute Gasteiger partial charge is 0.257 e. The highest BCUT2D eigenvalue weighted by Gasteiger charge is 2.29. The van der Waals surface area contributed by atoms with E-state index in [4.69, 9.17) is 16.1 Å². The maximum atomic E-state index is 13.3. The molecular weight excluding hydrogens is 478 g/mol. The SMILES string of the molecule is Cc1cc(CNC(=O)c2c3n(c(C)cc2=O)-c2ccc(Cl)cc2S[C@@H](c2ccsc2)C3)on1. The quantitative estimate of drug-likeness (QED) is 0.404. The number of carbonyl (C=O) groups excluding carboxylic acids is 1. The van der Waals surface area contributed by atoms with Crippen molar-refractivity contribution in [2.24, 2.45) is 0 Å². The van der Waals surface area contributed by atoms with E-state index in [1.165, 1.54) is 6.07 Å². The Labute approximate surface area is 203 Å². The molecule has 0 saturated carbocycles. The van der Waals surface area contributed by atoms with Crippen LogP contribution in [0.25, 0.3) is 5.69 Å². The zero-order valence-electron chi connectivity index (χ0n) is 17.9. The van der Waals surface area contributed by atoms with E-state index in [1.54, 1.807) is 29.2 Å². The van der Waals surface area contributed by atoms with E-state index in [0.717, 1.165) is 27.5 Å². The van der Waals surface area contributed by atoms with Crippen LogP contribution in [0.1, 0.15) is 44.0 Å². The molecule has 0 fully saturated rings. The molecule has 4 heterocycles. The standard InChI is InChI=1S/C24H20ClN3O3S2/c1-13-7-17(31-27-13)11-26-24(30)23-19-10-21(15-5-6-32-12-15)33-22-9-16(25)3-4-18(22)28(19)14(2)8-20(23)29/h3-9,12,21H,10-11H2,1-2H3,(H,26,30)/t21-/m1/s1. The number of nitrogens with one attached hydrogen (secondary N) is 1. The summed E-state index contributed by atoms with van der Waals surface area (Å²) in [7, 11) is 0. The average Bonchev–Trinajstić information content (AvgIpc) is 3.41. The van der Waals surface area contributed by atoms with Gasteiger partial charge in [-0.15, -0.1) is 11.8 Å². The van der Waals surface area contributed by atoms with Gasteiger partial charge in [-0.25, -0.2) is 0 Å². The molecule has 1 aliphatic rings. The van der Waals surface area contributed by atoms with E-state index in [2.05, 4.69) is 21.9 Å². The number of thiophene rings is 1. The third kappa shape index (κ3) is 4.26. The number of pyridine rings is 1. The fraction of sp³-hybridized carbons (Fsp3) is 0.208. The summed E-state index contributed by atoms with van der Waals surface area (Å²) in [4.78, 5) is 27.4. The summed E-state index contributed by atoms with van der Waals surface area (Å²) in [5, 5.41) is 11.5. The third-order valence-electron chi connectivity index (χ3n) is 5.55. The first-order valence-electron chi connectivity index (χ1n) is 10.4. The molecule has 0 saturated heterocycles. The maximum Gasteiger partial charge on any atom is 0.257 e. The monoisotopic (exact) mass is 497 g/mol. The Morgan fingerprint density at radius 2 is 2.12 bits per heavy atom. The Morgan fingerprint density at radius 1 is 1.27 bits per heavy atom. The van der Waals surface area contributed by atoms with Crippen LogP contribution in [-0.2, 0) is 13.0 Å². The largest absolute Gasteiger partial charge is 0.359 e. The van der Waals surface area contributed by atoms with Crippen molar-refractivity contribution in [2.45, 2.75) is 37.0 Å². The lowest BCUT2D eigenvalue weighted by molar-refractivity contribution is 0.0944. The fourth-order valence-corrected chi connectivity index (χ4v) is 6.44. The second-order valence-electron chi connectivity index (χ2n) is 7.90. The van der Waals surface area contributed by atoms with Gasteiger partial charge in [0.05, 0.1) is 17.9 Å². The lowest BCUT2D eigenvalue weighted by Crippen LogP contribution is -2.32. The van der Waals surface area contributed by atoms with Gasteiger partial charge in [0.25, 0.3) is 5.91 Å². The lowest BCUT2D eigenvalue weighted by Gasteiger charge is -2.19. The number of carbonyl (C=O) groups is 1. The van der Waals surface area contributed by atoms with Crippen molar-refractivity contribution in [3.63, 3.8) is 0 Å². The van der Waals surface area contributed by atoms with Gasteiger partial charge in [0.15, 0.2) is 11.2 Å². The van der Waals surface area contributed by atoms with Crippen LogP contribution in [0.15, 0.2) is 61.4 Å². The average molecular weight is 498 g/mol. The zero-order chi connectivity index (χ0) is 23.1. The van der Waals surface area contributed by atoms with Crippen LogP contribution in [0.4, 0.5) is 0 Å². The highest BCUT2D eigenvalue weighted by atomic mass is 35.5. The molecular formula is C24H20ClN3O3S2. The molecule has 5 rings (SSSR count). The molecule has 6 nitrogen and oxygen atoms in total. The molecule has 1 aromatic carbocycles. The van der Waals surface area contributed by atoms with Crippen LogP contribution in [0.2, 0.25) is 5.02 Å². The van der Waals surface area contributed by atoms with Gasteiger partial charge in [0.2, 0.25) is 0 Å². The zero-order valence-corrected chi connectivity index (χ0v) is 20.3. The first-order valence-corrected chi connectivity index (χ1v) is 12.6. The molecule has 1 atom stereocenters. The van der Waals surface area contributed by atoms with Crippen molar-refractivity contribution in [2.75, 3.05) is 0 Å². The number of thioether (sulfide) groups is 1. The molecule has 1 amide bonds. The highest BCUT2D eigenvalue weighted by Crippen LogP contribution is 2.45. The summed E-state index contributed by atoms with van der Waals surface area (Å²) in [5.74, 6) is 0.107. The summed E-state index contributed by atoms with van der Waals surface area (Å²) in [6, 6.07) is 11.1. The van der Waals surface area contributed by atoms with E-state index < -0.39 is 5.91 Å². The van der Waals surface area contributed by atoms with Crippen LogP contribution < -0.4 is 10.7 Å². The predicted molar refractivity (Wildman–Crippen MR) is 131 cm³/mol. The number of halogens is 1. The first-order chi connectivity index (χ1) is 15.9. The van der Waals surface area contributed by atoms with Gasteiger partial charge in [0, 0.05) is 45.1 Å². The third-order valence-corrected chi connectivity index (χ3v) is 7.79. The first kappa shape index (κ1) is 22.0. The fourth-order valence-electron chi connectivity index (χ4n) is 4.10. The summed E-state index contributed by atoms with van der Waals surface area (Å²) >= 11 is 9.65. The molecule has 4 aromatic rings. The van der Waals surface area contributed by atoms with E-state index in [0.29, 0.717) is 22.9 Å². The molecule has 3 aromatic heterocycles. The predicted octanol–water partition coefficient (Wildman–Crippen LogP) is 5.48. The number of hydrogen-bond donors (Lipinski definition) is 1. The van der Waals surface area contributed by atoms with Gasteiger partial charge in [-0.05, 0) is 54.4 Å². The second kappa shape index (κ2) is 8.85. The van der Waals surface area contributed by atoms with Gasteiger partial charge in [0.1, 0.15) is 5.56 Å². The van der Waals surface area contributed by atoms with Crippen LogP contribution in [-0.4, -0.2) is 15.6 Å². The number of rotatable bonds is 4. The second-order valence-corrected chi connectivity index (χ2v) is 10.4. The molecule has 1 N–H and O–H groups in total. The van der Waals surface area contributed by atoms with Crippen LogP contribution in [0.5, 0.6) is 0 Å². The van der Waals surface area contributed by atoms with Gasteiger partial charge >= 0.3 is 0 Å². The number of amides is 1. The van der Waals surface area contributed by atoms with Crippen molar-refractivity contribution < 1.29 is 9.32 Å². The van der Waals surface area contributed by atoms with Crippen molar-refractivity contribution >= 4 is 40.6 Å². The van der Waals surface area contributed by atoms with Gasteiger partial charge in [-0.2, -0.15) is 11.3 Å². The highest BCUT2D eigenvalue weighted by molar-refractivity contribution is 7.99. The van der Waals surface area contributed by atoms with Crippen LogP contribution >= 0.6 is 34.7 Å². The Bertz CT molecular complexity index is 1410. The number of aryl methyl sites for hydroxylation is 2. The van der Waals surface area contributed by atoms with E-state index in [1.807, 2.05) is 42.0 Å². The normalized spacial score (nSPS) is 14.9. The lowest BCUT2D eigenvalue weighted by atomic mass is 10.0.